The number of phenols is 1. The number of hydrogen-bond donors (Lipinski definition) is 1. The van der Waals surface area contributed by atoms with Crippen molar-refractivity contribution in [2.24, 2.45) is 0 Å². The standard InChI is InChI=1S/C15H18ClNO2/c1-9-6-13(18)4-5-14(9)15(19)17-11-2-3-12(17)8-10(16)7-11/h4-6,10-12,18H,2-3,7-8H2,1H3. The number of piperidine rings is 1. The lowest BCUT2D eigenvalue weighted by Crippen LogP contribution is -2.47. The molecule has 2 heterocycles. The Labute approximate surface area is 118 Å². The Hall–Kier alpha value is -1.22. The number of aromatic hydroxyl groups is 1. The number of nitrogens with zero attached hydrogens (tertiary/aromatic N) is 1. The van der Waals surface area contributed by atoms with E-state index in [2.05, 4.69) is 0 Å². The van der Waals surface area contributed by atoms with Crippen molar-refractivity contribution in [3.8, 4) is 5.75 Å². The lowest BCUT2D eigenvalue weighted by Gasteiger charge is -2.37. The van der Waals surface area contributed by atoms with E-state index in [1.54, 1.807) is 18.2 Å². The maximum Gasteiger partial charge on any atom is 0.254 e. The van der Waals surface area contributed by atoms with Crippen molar-refractivity contribution < 1.29 is 9.90 Å². The zero-order valence-electron chi connectivity index (χ0n) is 11.0. The summed E-state index contributed by atoms with van der Waals surface area (Å²) >= 11 is 6.24. The van der Waals surface area contributed by atoms with Gasteiger partial charge < -0.3 is 10.0 Å². The summed E-state index contributed by atoms with van der Waals surface area (Å²) < 4.78 is 0. The largest absolute Gasteiger partial charge is 0.508 e. The molecular formula is C15H18ClNO2. The molecule has 2 unspecified atom stereocenters. The molecule has 2 saturated heterocycles. The highest BCUT2D eigenvalue weighted by Crippen LogP contribution is 2.39. The van der Waals surface area contributed by atoms with Gasteiger partial charge in [-0.25, -0.2) is 0 Å². The van der Waals surface area contributed by atoms with Crippen LogP contribution in [0.2, 0.25) is 0 Å². The molecule has 0 aliphatic carbocycles. The quantitative estimate of drug-likeness (QED) is 0.803. The Morgan fingerprint density at radius 3 is 2.53 bits per heavy atom. The fourth-order valence-corrected chi connectivity index (χ4v) is 3.88. The predicted molar refractivity (Wildman–Crippen MR) is 74.7 cm³/mol. The highest BCUT2D eigenvalue weighted by molar-refractivity contribution is 6.20. The second kappa shape index (κ2) is 4.71. The number of hydrogen-bond acceptors (Lipinski definition) is 2. The lowest BCUT2D eigenvalue weighted by molar-refractivity contribution is 0.0599. The van der Waals surface area contributed by atoms with Crippen LogP contribution < -0.4 is 0 Å². The molecule has 3 nitrogen and oxygen atoms in total. The molecule has 2 bridgehead atoms. The van der Waals surface area contributed by atoms with Gasteiger partial charge in [-0.3, -0.25) is 4.79 Å². The number of benzene rings is 1. The van der Waals surface area contributed by atoms with Gasteiger partial charge in [-0.2, -0.15) is 0 Å². The monoisotopic (exact) mass is 279 g/mol. The van der Waals surface area contributed by atoms with E-state index in [9.17, 15) is 9.90 Å². The molecule has 2 fully saturated rings. The van der Waals surface area contributed by atoms with Crippen LogP contribution in [0.15, 0.2) is 18.2 Å². The highest BCUT2D eigenvalue weighted by atomic mass is 35.5. The maximum atomic E-state index is 12.7. The van der Waals surface area contributed by atoms with Crippen LogP contribution in [0.25, 0.3) is 0 Å². The van der Waals surface area contributed by atoms with E-state index in [0.717, 1.165) is 31.2 Å². The number of carbonyl (C=O) groups is 1. The lowest BCUT2D eigenvalue weighted by atomic mass is 9.99. The number of rotatable bonds is 1. The molecule has 102 valence electrons. The predicted octanol–water partition coefficient (Wildman–Crippen LogP) is 3.08. The zero-order chi connectivity index (χ0) is 13.6. The summed E-state index contributed by atoms with van der Waals surface area (Å²) in [4.78, 5) is 14.7. The fourth-order valence-electron chi connectivity index (χ4n) is 3.47. The average molecular weight is 280 g/mol. The van der Waals surface area contributed by atoms with Gasteiger partial charge in [0.1, 0.15) is 5.75 Å². The molecule has 2 atom stereocenters. The van der Waals surface area contributed by atoms with Gasteiger partial charge in [0.25, 0.3) is 5.91 Å². The molecule has 1 N–H and O–H groups in total. The molecule has 1 amide bonds. The number of amides is 1. The minimum Gasteiger partial charge on any atom is -0.508 e. The second-order valence-electron chi connectivity index (χ2n) is 5.67. The summed E-state index contributed by atoms with van der Waals surface area (Å²) in [5, 5.41) is 9.65. The molecule has 2 aliphatic rings. The molecular weight excluding hydrogens is 262 g/mol. The smallest absolute Gasteiger partial charge is 0.254 e. The Kier molecular flexibility index (Phi) is 3.17. The third kappa shape index (κ3) is 2.20. The maximum absolute atomic E-state index is 12.7. The number of carbonyl (C=O) groups excluding carboxylic acids is 1. The van der Waals surface area contributed by atoms with Crippen molar-refractivity contribution in [1.29, 1.82) is 0 Å². The van der Waals surface area contributed by atoms with Crippen molar-refractivity contribution in [3.63, 3.8) is 0 Å². The fraction of sp³-hybridized carbons (Fsp3) is 0.533. The highest BCUT2D eigenvalue weighted by Gasteiger charge is 2.43. The normalized spacial score (nSPS) is 29.6. The van der Waals surface area contributed by atoms with Crippen molar-refractivity contribution >= 4 is 17.5 Å². The van der Waals surface area contributed by atoms with E-state index in [-0.39, 0.29) is 17.0 Å². The van der Waals surface area contributed by atoms with Gasteiger partial charge in [0.05, 0.1) is 0 Å². The van der Waals surface area contributed by atoms with Gasteiger partial charge in [0.15, 0.2) is 0 Å². The minimum atomic E-state index is 0.0913. The van der Waals surface area contributed by atoms with Crippen molar-refractivity contribution in [2.45, 2.75) is 50.1 Å². The summed E-state index contributed by atoms with van der Waals surface area (Å²) in [6, 6.07) is 5.53. The Balaban J connectivity index is 1.88. The molecule has 4 heteroatoms. The van der Waals surface area contributed by atoms with Crippen molar-refractivity contribution in [2.75, 3.05) is 0 Å². The summed E-state index contributed by atoms with van der Waals surface area (Å²) in [5.74, 6) is 0.296. The Bertz CT molecular complexity index is 503. The van der Waals surface area contributed by atoms with Crippen LogP contribution in [-0.4, -0.2) is 33.4 Å². The van der Waals surface area contributed by atoms with E-state index in [1.807, 2.05) is 11.8 Å². The van der Waals surface area contributed by atoms with E-state index in [0.29, 0.717) is 17.6 Å². The zero-order valence-corrected chi connectivity index (χ0v) is 11.7. The Morgan fingerprint density at radius 1 is 1.32 bits per heavy atom. The number of aryl methyl sites for hydroxylation is 1. The van der Waals surface area contributed by atoms with Crippen LogP contribution in [0.3, 0.4) is 0 Å². The molecule has 0 spiro atoms. The van der Waals surface area contributed by atoms with Crippen LogP contribution in [0, 0.1) is 6.92 Å². The van der Waals surface area contributed by atoms with Crippen LogP contribution >= 0.6 is 11.6 Å². The second-order valence-corrected chi connectivity index (χ2v) is 6.28. The first-order valence-corrected chi connectivity index (χ1v) is 7.26. The summed E-state index contributed by atoms with van der Waals surface area (Å²) in [6.07, 6.45) is 3.94. The Morgan fingerprint density at radius 2 is 1.95 bits per heavy atom. The van der Waals surface area contributed by atoms with E-state index >= 15 is 0 Å². The van der Waals surface area contributed by atoms with E-state index in [4.69, 9.17) is 11.6 Å². The van der Waals surface area contributed by atoms with Gasteiger partial charge in [0.2, 0.25) is 0 Å². The SMILES string of the molecule is Cc1cc(O)ccc1C(=O)N1C2CCC1CC(Cl)C2. The van der Waals surface area contributed by atoms with Gasteiger partial charge in [-0.05, 0) is 56.4 Å². The van der Waals surface area contributed by atoms with Crippen LogP contribution in [-0.2, 0) is 0 Å². The van der Waals surface area contributed by atoms with Crippen LogP contribution in [0.4, 0.5) is 0 Å². The number of phenolic OH excluding ortho intramolecular Hbond substituents is 1. The van der Waals surface area contributed by atoms with Gasteiger partial charge in [-0.1, -0.05) is 0 Å². The summed E-state index contributed by atoms with van der Waals surface area (Å²) in [7, 11) is 0. The summed E-state index contributed by atoms with van der Waals surface area (Å²) in [6.45, 7) is 1.86. The van der Waals surface area contributed by atoms with Gasteiger partial charge >= 0.3 is 0 Å². The topological polar surface area (TPSA) is 40.5 Å². The van der Waals surface area contributed by atoms with E-state index < -0.39 is 0 Å². The molecule has 3 rings (SSSR count). The third-order valence-electron chi connectivity index (χ3n) is 4.35. The minimum absolute atomic E-state index is 0.0913. The molecule has 0 radical (unpaired) electrons. The number of halogens is 1. The molecule has 2 aliphatic heterocycles. The molecule has 19 heavy (non-hydrogen) atoms. The molecule has 0 saturated carbocycles. The number of fused-ring (bicyclic) bond motifs is 2. The molecule has 1 aromatic rings. The first-order valence-electron chi connectivity index (χ1n) is 6.82. The first-order chi connectivity index (χ1) is 9.06. The molecule has 1 aromatic carbocycles. The van der Waals surface area contributed by atoms with Crippen molar-refractivity contribution in [1.82, 2.24) is 4.90 Å². The van der Waals surface area contributed by atoms with E-state index in [1.165, 1.54) is 0 Å². The van der Waals surface area contributed by atoms with Crippen LogP contribution in [0.5, 0.6) is 5.75 Å². The van der Waals surface area contributed by atoms with Crippen LogP contribution in [0.1, 0.15) is 41.6 Å². The van der Waals surface area contributed by atoms with Gasteiger partial charge in [-0.15, -0.1) is 11.6 Å². The summed E-state index contributed by atoms with van der Waals surface area (Å²) in [5.41, 5.74) is 1.53. The first kappa shape index (κ1) is 12.8. The number of alkyl halides is 1. The third-order valence-corrected chi connectivity index (χ3v) is 4.71. The van der Waals surface area contributed by atoms with Crippen molar-refractivity contribution in [3.05, 3.63) is 29.3 Å². The molecule has 0 aromatic heterocycles. The van der Waals surface area contributed by atoms with Gasteiger partial charge in [0, 0.05) is 23.0 Å². The average Bonchev–Trinajstić information content (AvgIpc) is 2.61.